The molecule has 2 atom stereocenters. The Balaban J connectivity index is 1.31. The molecule has 2 heterocycles. The molecule has 5 nitrogen and oxygen atoms in total. The number of urea groups is 1. The van der Waals surface area contributed by atoms with Gasteiger partial charge in [-0.1, -0.05) is 0 Å². The number of nitrogens with zero attached hydrogens (tertiary/aromatic N) is 1. The second-order valence-corrected chi connectivity index (χ2v) is 7.65. The van der Waals surface area contributed by atoms with Gasteiger partial charge in [-0.05, 0) is 60.4 Å². The van der Waals surface area contributed by atoms with Crippen LogP contribution in [0, 0.1) is 5.92 Å². The average molecular weight is 337 g/mol. The smallest absolute Gasteiger partial charge is 0.315 e. The number of carbonyl (C=O) groups is 1. The lowest BCUT2D eigenvalue weighted by Gasteiger charge is -2.32. The maximum absolute atomic E-state index is 12.0. The predicted octanol–water partition coefficient (Wildman–Crippen LogP) is 2.17. The number of nitrogens with one attached hydrogen (secondary N) is 2. The van der Waals surface area contributed by atoms with Crippen molar-refractivity contribution in [3.8, 4) is 0 Å². The van der Waals surface area contributed by atoms with E-state index in [2.05, 4.69) is 32.4 Å². The van der Waals surface area contributed by atoms with Gasteiger partial charge in [0.05, 0.1) is 6.10 Å². The first kappa shape index (κ1) is 16.7. The van der Waals surface area contributed by atoms with E-state index in [4.69, 9.17) is 0 Å². The Bertz CT molecular complexity index is 486. The number of likely N-dealkylation sites (tertiary alicyclic amines) is 1. The van der Waals surface area contributed by atoms with Crippen molar-refractivity contribution in [3.63, 3.8) is 0 Å². The van der Waals surface area contributed by atoms with Gasteiger partial charge in [0.2, 0.25) is 0 Å². The van der Waals surface area contributed by atoms with Crippen LogP contribution in [0.15, 0.2) is 16.8 Å². The summed E-state index contributed by atoms with van der Waals surface area (Å²) in [6, 6.07) is 2.41. The van der Waals surface area contributed by atoms with E-state index < -0.39 is 0 Å². The van der Waals surface area contributed by atoms with Crippen LogP contribution in [-0.2, 0) is 6.54 Å². The zero-order valence-electron chi connectivity index (χ0n) is 13.5. The Morgan fingerprint density at radius 2 is 2.13 bits per heavy atom. The molecule has 2 amide bonds. The minimum absolute atomic E-state index is 0.0531. The topological polar surface area (TPSA) is 64.6 Å². The molecule has 2 aliphatic rings. The minimum atomic E-state index is -0.169. The zero-order valence-corrected chi connectivity index (χ0v) is 14.4. The number of rotatable bonds is 5. The standard InChI is InChI=1S/C17H27N3O2S/c21-16-2-1-13(9-16)10-18-17(22)19-15-3-6-20(7-4-15)11-14-5-8-23-12-14/h5,8,12-13,15-16,21H,1-4,6-7,9-11H2,(H2,18,19,22)/t13-,16+/m0/s1. The Morgan fingerprint density at radius 1 is 1.30 bits per heavy atom. The van der Waals surface area contributed by atoms with Gasteiger partial charge in [-0.25, -0.2) is 4.79 Å². The van der Waals surface area contributed by atoms with Crippen LogP contribution in [0.25, 0.3) is 0 Å². The van der Waals surface area contributed by atoms with E-state index >= 15 is 0 Å². The molecule has 0 unspecified atom stereocenters. The number of hydrogen-bond donors (Lipinski definition) is 3. The van der Waals surface area contributed by atoms with Crippen LogP contribution in [0.4, 0.5) is 4.79 Å². The van der Waals surface area contributed by atoms with E-state index in [1.165, 1.54) is 5.56 Å². The van der Waals surface area contributed by atoms with E-state index in [1.807, 2.05) is 0 Å². The molecule has 1 aliphatic heterocycles. The second kappa shape index (κ2) is 8.13. The van der Waals surface area contributed by atoms with Gasteiger partial charge in [-0.15, -0.1) is 0 Å². The molecular formula is C17H27N3O2S. The number of aliphatic hydroxyl groups excluding tert-OH is 1. The maximum atomic E-state index is 12.0. The molecule has 1 aromatic rings. The molecule has 0 aromatic carbocycles. The summed E-state index contributed by atoms with van der Waals surface area (Å²) in [6.45, 7) is 3.78. The second-order valence-electron chi connectivity index (χ2n) is 6.87. The summed E-state index contributed by atoms with van der Waals surface area (Å²) in [5.41, 5.74) is 1.39. The van der Waals surface area contributed by atoms with Gasteiger partial charge in [0.15, 0.2) is 0 Å². The van der Waals surface area contributed by atoms with Crippen LogP contribution in [0.3, 0.4) is 0 Å². The summed E-state index contributed by atoms with van der Waals surface area (Å²) in [4.78, 5) is 14.4. The first-order chi connectivity index (χ1) is 11.2. The molecule has 0 spiro atoms. The molecule has 6 heteroatoms. The Morgan fingerprint density at radius 3 is 2.78 bits per heavy atom. The number of aliphatic hydroxyl groups is 1. The molecule has 3 rings (SSSR count). The fraction of sp³-hybridized carbons (Fsp3) is 0.706. The van der Waals surface area contributed by atoms with Crippen LogP contribution in [0.1, 0.15) is 37.7 Å². The highest BCUT2D eigenvalue weighted by Crippen LogP contribution is 2.24. The van der Waals surface area contributed by atoms with Crippen LogP contribution < -0.4 is 10.6 Å². The number of amides is 2. The Hall–Kier alpha value is -1.11. The van der Waals surface area contributed by atoms with Crippen LogP contribution >= 0.6 is 11.3 Å². The fourth-order valence-electron chi connectivity index (χ4n) is 3.58. The highest BCUT2D eigenvalue weighted by atomic mass is 32.1. The van der Waals surface area contributed by atoms with Crippen molar-refractivity contribution in [2.75, 3.05) is 19.6 Å². The molecule has 2 fully saturated rings. The molecule has 1 saturated heterocycles. The quantitative estimate of drug-likeness (QED) is 0.771. The van der Waals surface area contributed by atoms with E-state index in [1.54, 1.807) is 11.3 Å². The van der Waals surface area contributed by atoms with Crippen molar-refractivity contribution in [2.24, 2.45) is 5.92 Å². The third-order valence-corrected chi connectivity index (χ3v) is 5.71. The molecule has 0 radical (unpaired) electrons. The maximum Gasteiger partial charge on any atom is 0.315 e. The molecule has 0 bridgehead atoms. The third kappa shape index (κ3) is 5.19. The molecule has 3 N–H and O–H groups in total. The highest BCUT2D eigenvalue weighted by molar-refractivity contribution is 7.07. The number of carbonyl (C=O) groups excluding carboxylic acids is 1. The molecule has 1 aromatic heterocycles. The first-order valence-corrected chi connectivity index (χ1v) is 9.59. The van der Waals surface area contributed by atoms with Crippen molar-refractivity contribution in [1.29, 1.82) is 0 Å². The summed E-state index contributed by atoms with van der Waals surface area (Å²) in [6.07, 6.45) is 4.57. The summed E-state index contributed by atoms with van der Waals surface area (Å²) in [5, 5.41) is 19.9. The predicted molar refractivity (Wildman–Crippen MR) is 92.5 cm³/mol. The monoisotopic (exact) mass is 337 g/mol. The molecule has 128 valence electrons. The first-order valence-electron chi connectivity index (χ1n) is 8.65. The number of hydrogen-bond acceptors (Lipinski definition) is 4. The fourth-order valence-corrected chi connectivity index (χ4v) is 4.24. The summed E-state index contributed by atoms with van der Waals surface area (Å²) < 4.78 is 0. The van der Waals surface area contributed by atoms with Crippen molar-refractivity contribution >= 4 is 17.4 Å². The third-order valence-electron chi connectivity index (χ3n) is 4.97. The summed E-state index contributed by atoms with van der Waals surface area (Å²) in [5.74, 6) is 0.434. The van der Waals surface area contributed by atoms with Crippen LogP contribution in [0.5, 0.6) is 0 Å². The van der Waals surface area contributed by atoms with Crippen molar-refractivity contribution < 1.29 is 9.90 Å². The normalized spacial score (nSPS) is 26.3. The van der Waals surface area contributed by atoms with Crippen LogP contribution in [-0.4, -0.2) is 47.8 Å². The van der Waals surface area contributed by atoms with Gasteiger partial charge in [0.25, 0.3) is 0 Å². The Kier molecular flexibility index (Phi) is 5.91. The Labute approximate surface area is 142 Å². The number of thiophene rings is 1. The van der Waals surface area contributed by atoms with Gasteiger partial charge in [0, 0.05) is 32.2 Å². The van der Waals surface area contributed by atoms with Gasteiger partial charge in [-0.2, -0.15) is 11.3 Å². The minimum Gasteiger partial charge on any atom is -0.393 e. The highest BCUT2D eigenvalue weighted by Gasteiger charge is 2.24. The SMILES string of the molecule is O=C(NC[C@H]1CC[C@@H](O)C1)NC1CCN(Cc2ccsc2)CC1. The van der Waals surface area contributed by atoms with Gasteiger partial charge >= 0.3 is 6.03 Å². The van der Waals surface area contributed by atoms with E-state index in [-0.39, 0.29) is 18.2 Å². The van der Waals surface area contributed by atoms with E-state index in [9.17, 15) is 9.90 Å². The van der Waals surface area contributed by atoms with E-state index in [0.717, 1.165) is 51.7 Å². The van der Waals surface area contributed by atoms with Crippen molar-refractivity contribution in [3.05, 3.63) is 22.4 Å². The van der Waals surface area contributed by atoms with Crippen molar-refractivity contribution in [1.82, 2.24) is 15.5 Å². The van der Waals surface area contributed by atoms with E-state index in [0.29, 0.717) is 12.5 Å². The van der Waals surface area contributed by atoms with Gasteiger partial charge in [0.1, 0.15) is 0 Å². The molecule has 1 aliphatic carbocycles. The molecular weight excluding hydrogens is 310 g/mol. The lowest BCUT2D eigenvalue weighted by Crippen LogP contribution is -2.48. The lowest BCUT2D eigenvalue weighted by molar-refractivity contribution is 0.176. The van der Waals surface area contributed by atoms with Gasteiger partial charge < -0.3 is 15.7 Å². The van der Waals surface area contributed by atoms with Crippen LogP contribution in [0.2, 0.25) is 0 Å². The lowest BCUT2D eigenvalue weighted by atomic mass is 10.0. The zero-order chi connectivity index (χ0) is 16.1. The average Bonchev–Trinajstić information content (AvgIpc) is 3.19. The summed E-state index contributed by atoms with van der Waals surface area (Å²) in [7, 11) is 0. The molecule has 23 heavy (non-hydrogen) atoms. The number of piperidine rings is 1. The van der Waals surface area contributed by atoms with Crippen molar-refractivity contribution in [2.45, 2.75) is 50.8 Å². The van der Waals surface area contributed by atoms with Gasteiger partial charge in [-0.3, -0.25) is 4.90 Å². The largest absolute Gasteiger partial charge is 0.393 e. The summed E-state index contributed by atoms with van der Waals surface area (Å²) >= 11 is 1.75. The molecule has 1 saturated carbocycles.